The van der Waals surface area contributed by atoms with Gasteiger partial charge >= 0.3 is 0 Å². The molecule has 0 fully saturated rings. The Labute approximate surface area is 122 Å². The second kappa shape index (κ2) is 5.47. The van der Waals surface area contributed by atoms with Gasteiger partial charge in [0.15, 0.2) is 5.82 Å². The van der Waals surface area contributed by atoms with E-state index in [1.807, 2.05) is 55.5 Å². The molecule has 3 nitrogen and oxygen atoms in total. The molecule has 0 aliphatic carbocycles. The zero-order valence-corrected chi connectivity index (χ0v) is 11.8. The van der Waals surface area contributed by atoms with Gasteiger partial charge in [0.2, 0.25) is 0 Å². The highest BCUT2D eigenvalue weighted by molar-refractivity contribution is 6.30. The summed E-state index contributed by atoms with van der Waals surface area (Å²) < 4.78 is 5.30. The lowest BCUT2D eigenvalue weighted by Gasteiger charge is -1.97. The molecule has 0 radical (unpaired) electrons. The minimum Gasteiger partial charge on any atom is -0.334 e. The predicted molar refractivity (Wildman–Crippen MR) is 78.7 cm³/mol. The van der Waals surface area contributed by atoms with Crippen molar-refractivity contribution < 1.29 is 4.52 Å². The van der Waals surface area contributed by atoms with Crippen LogP contribution in [0.25, 0.3) is 11.5 Å². The molecule has 0 spiro atoms. The molecule has 0 aliphatic heterocycles. The first-order valence-electron chi connectivity index (χ1n) is 6.35. The van der Waals surface area contributed by atoms with Gasteiger partial charge in [-0.05, 0) is 36.8 Å². The summed E-state index contributed by atoms with van der Waals surface area (Å²) in [7, 11) is 0. The summed E-state index contributed by atoms with van der Waals surface area (Å²) in [4.78, 5) is 4.41. The molecule has 0 N–H and O–H groups in total. The van der Waals surface area contributed by atoms with E-state index in [1.54, 1.807) is 0 Å². The van der Waals surface area contributed by atoms with Gasteiger partial charge in [-0.15, -0.1) is 0 Å². The summed E-state index contributed by atoms with van der Waals surface area (Å²) in [5.41, 5.74) is 3.20. The maximum Gasteiger partial charge on any atom is 0.257 e. The third-order valence-electron chi connectivity index (χ3n) is 3.02. The zero-order valence-electron chi connectivity index (χ0n) is 11.0. The monoisotopic (exact) mass is 284 g/mol. The molecule has 0 saturated heterocycles. The highest BCUT2D eigenvalue weighted by atomic mass is 35.5. The van der Waals surface area contributed by atoms with E-state index in [4.69, 9.17) is 16.1 Å². The summed E-state index contributed by atoms with van der Waals surface area (Å²) in [6, 6.07) is 15.7. The van der Waals surface area contributed by atoms with E-state index < -0.39 is 0 Å². The molecule has 0 aliphatic rings. The van der Waals surface area contributed by atoms with Gasteiger partial charge in [-0.3, -0.25) is 0 Å². The van der Waals surface area contributed by atoms with Crippen LogP contribution in [0, 0.1) is 6.92 Å². The van der Waals surface area contributed by atoms with Crippen LogP contribution < -0.4 is 0 Å². The minimum absolute atomic E-state index is 0.544. The third-order valence-corrected chi connectivity index (χ3v) is 3.25. The number of halogens is 1. The Hall–Kier alpha value is -2.13. The van der Waals surface area contributed by atoms with Crippen LogP contribution in [0.2, 0.25) is 5.02 Å². The van der Waals surface area contributed by atoms with E-state index in [1.165, 1.54) is 5.56 Å². The summed E-state index contributed by atoms with van der Waals surface area (Å²) >= 11 is 5.96. The van der Waals surface area contributed by atoms with Gasteiger partial charge in [-0.2, -0.15) is 4.98 Å². The van der Waals surface area contributed by atoms with Crippen LogP contribution in [0.15, 0.2) is 53.1 Å². The molecule has 0 amide bonds. The van der Waals surface area contributed by atoms with Crippen LogP contribution in [-0.4, -0.2) is 10.1 Å². The number of rotatable bonds is 3. The topological polar surface area (TPSA) is 38.9 Å². The lowest BCUT2D eigenvalue weighted by molar-refractivity contribution is 0.424. The van der Waals surface area contributed by atoms with Crippen LogP contribution in [0.3, 0.4) is 0 Å². The summed E-state index contributed by atoms with van der Waals surface area (Å²) in [6.45, 7) is 2.04. The third kappa shape index (κ3) is 2.89. The number of aromatic nitrogens is 2. The molecule has 0 unspecified atom stereocenters. The van der Waals surface area contributed by atoms with Crippen molar-refractivity contribution in [1.82, 2.24) is 10.1 Å². The van der Waals surface area contributed by atoms with E-state index in [2.05, 4.69) is 10.1 Å². The Morgan fingerprint density at radius 3 is 2.65 bits per heavy atom. The van der Waals surface area contributed by atoms with Crippen molar-refractivity contribution in [2.24, 2.45) is 0 Å². The Morgan fingerprint density at radius 2 is 1.90 bits per heavy atom. The van der Waals surface area contributed by atoms with Gasteiger partial charge in [0, 0.05) is 17.0 Å². The van der Waals surface area contributed by atoms with Gasteiger partial charge in [0.25, 0.3) is 5.89 Å². The van der Waals surface area contributed by atoms with Crippen molar-refractivity contribution in [3.63, 3.8) is 0 Å². The fraction of sp³-hybridized carbons (Fsp3) is 0.125. The molecule has 0 bridgehead atoms. The molecular formula is C16H13ClN2O. The van der Waals surface area contributed by atoms with Gasteiger partial charge in [0.1, 0.15) is 0 Å². The number of aryl methyl sites for hydroxylation is 1. The maximum atomic E-state index is 5.96. The van der Waals surface area contributed by atoms with E-state index in [0.29, 0.717) is 23.2 Å². The van der Waals surface area contributed by atoms with Crippen LogP contribution in [0.1, 0.15) is 17.0 Å². The quantitative estimate of drug-likeness (QED) is 0.720. The van der Waals surface area contributed by atoms with Crippen molar-refractivity contribution >= 4 is 11.6 Å². The first-order valence-corrected chi connectivity index (χ1v) is 6.72. The SMILES string of the molecule is Cc1ccc(-c2nc(Cc3cccc(Cl)c3)no2)cc1. The molecule has 1 heterocycles. The molecule has 20 heavy (non-hydrogen) atoms. The van der Waals surface area contributed by atoms with Crippen molar-refractivity contribution in [2.45, 2.75) is 13.3 Å². The maximum absolute atomic E-state index is 5.96. The Morgan fingerprint density at radius 1 is 1.10 bits per heavy atom. The summed E-state index contributed by atoms with van der Waals surface area (Å²) in [6.07, 6.45) is 0.607. The number of hydrogen-bond donors (Lipinski definition) is 0. The highest BCUT2D eigenvalue weighted by Gasteiger charge is 2.09. The molecule has 3 aromatic rings. The van der Waals surface area contributed by atoms with Crippen LogP contribution >= 0.6 is 11.6 Å². The largest absolute Gasteiger partial charge is 0.334 e. The van der Waals surface area contributed by atoms with Gasteiger partial charge in [0.05, 0.1) is 0 Å². The van der Waals surface area contributed by atoms with Crippen molar-refractivity contribution in [3.05, 3.63) is 70.5 Å². The van der Waals surface area contributed by atoms with Gasteiger partial charge in [-0.1, -0.05) is 46.6 Å². The van der Waals surface area contributed by atoms with Gasteiger partial charge in [-0.25, -0.2) is 0 Å². The Balaban J connectivity index is 1.82. The fourth-order valence-electron chi connectivity index (χ4n) is 1.97. The average molecular weight is 285 g/mol. The first kappa shape index (κ1) is 12.9. The van der Waals surface area contributed by atoms with E-state index in [-0.39, 0.29) is 0 Å². The molecule has 3 rings (SSSR count). The standard InChI is InChI=1S/C16H13ClN2O/c1-11-5-7-13(8-6-11)16-18-15(19-20-16)10-12-3-2-4-14(17)9-12/h2-9H,10H2,1H3. The van der Waals surface area contributed by atoms with Crippen LogP contribution in [-0.2, 0) is 6.42 Å². The van der Waals surface area contributed by atoms with E-state index in [0.717, 1.165) is 11.1 Å². The predicted octanol–water partition coefficient (Wildman–Crippen LogP) is 4.29. The number of benzene rings is 2. The summed E-state index contributed by atoms with van der Waals surface area (Å²) in [5, 5.41) is 4.72. The average Bonchev–Trinajstić information content (AvgIpc) is 2.88. The van der Waals surface area contributed by atoms with Crippen molar-refractivity contribution in [1.29, 1.82) is 0 Å². The first-order chi connectivity index (χ1) is 9.70. The molecular weight excluding hydrogens is 272 g/mol. The highest BCUT2D eigenvalue weighted by Crippen LogP contribution is 2.19. The van der Waals surface area contributed by atoms with Crippen molar-refractivity contribution in [2.75, 3.05) is 0 Å². The normalized spacial score (nSPS) is 10.7. The van der Waals surface area contributed by atoms with Crippen molar-refractivity contribution in [3.8, 4) is 11.5 Å². The zero-order chi connectivity index (χ0) is 13.9. The number of hydrogen-bond acceptors (Lipinski definition) is 3. The number of nitrogens with zero attached hydrogens (tertiary/aromatic N) is 2. The second-order valence-corrected chi connectivity index (χ2v) is 5.12. The Kier molecular flexibility index (Phi) is 3.52. The van der Waals surface area contributed by atoms with Crippen LogP contribution in [0.5, 0.6) is 0 Å². The summed E-state index contributed by atoms with van der Waals surface area (Å²) in [5.74, 6) is 1.20. The fourth-order valence-corrected chi connectivity index (χ4v) is 2.18. The Bertz CT molecular complexity index is 719. The lowest BCUT2D eigenvalue weighted by atomic mass is 10.1. The minimum atomic E-state index is 0.544. The smallest absolute Gasteiger partial charge is 0.257 e. The second-order valence-electron chi connectivity index (χ2n) is 4.69. The molecule has 4 heteroatoms. The molecule has 1 aromatic heterocycles. The van der Waals surface area contributed by atoms with E-state index in [9.17, 15) is 0 Å². The van der Waals surface area contributed by atoms with Gasteiger partial charge < -0.3 is 4.52 Å². The molecule has 0 saturated carbocycles. The molecule has 100 valence electrons. The van der Waals surface area contributed by atoms with E-state index >= 15 is 0 Å². The van der Waals surface area contributed by atoms with Crippen LogP contribution in [0.4, 0.5) is 0 Å². The molecule has 0 atom stereocenters. The lowest BCUT2D eigenvalue weighted by Crippen LogP contribution is -1.90. The molecule has 2 aromatic carbocycles.